The van der Waals surface area contributed by atoms with Crippen molar-refractivity contribution in [1.82, 2.24) is 0 Å². The third-order valence-corrected chi connectivity index (χ3v) is 3.33. The van der Waals surface area contributed by atoms with E-state index in [1.54, 1.807) is 12.1 Å². The smallest absolute Gasteiger partial charge is 0.0862 e. The number of hydrogen-bond acceptors (Lipinski definition) is 2. The number of halogens is 2. The van der Waals surface area contributed by atoms with Crippen molar-refractivity contribution >= 4 is 39.5 Å². The fourth-order valence-corrected chi connectivity index (χ4v) is 2.44. The second kappa shape index (κ2) is 3.81. The molecule has 72 valence electrons. The predicted octanol–water partition coefficient (Wildman–Crippen LogP) is 4.30. The monoisotopic (exact) mass is 243 g/mol. The van der Waals surface area contributed by atoms with Gasteiger partial charge < -0.3 is 5.73 Å². The van der Waals surface area contributed by atoms with Crippen molar-refractivity contribution in [2.75, 3.05) is 5.73 Å². The van der Waals surface area contributed by atoms with Gasteiger partial charge in [0.05, 0.1) is 5.00 Å². The molecule has 2 rings (SSSR count). The summed E-state index contributed by atoms with van der Waals surface area (Å²) in [5, 5.41) is 2.14. The van der Waals surface area contributed by atoms with Crippen LogP contribution >= 0.6 is 34.5 Å². The fraction of sp³-hybridized carbons (Fsp3) is 0. The molecule has 2 aromatic rings. The van der Waals surface area contributed by atoms with Gasteiger partial charge in [0, 0.05) is 20.5 Å². The molecular weight excluding hydrogens is 237 g/mol. The van der Waals surface area contributed by atoms with Gasteiger partial charge in [0.2, 0.25) is 0 Å². The molecule has 0 aliphatic carbocycles. The molecule has 1 nitrogen and oxygen atoms in total. The number of nitrogens with two attached hydrogens (primary N) is 1. The van der Waals surface area contributed by atoms with Crippen molar-refractivity contribution in [1.29, 1.82) is 0 Å². The van der Waals surface area contributed by atoms with E-state index in [4.69, 9.17) is 28.9 Å². The largest absolute Gasteiger partial charge is 0.391 e. The first kappa shape index (κ1) is 9.84. The molecule has 0 spiro atoms. The van der Waals surface area contributed by atoms with E-state index in [2.05, 4.69) is 0 Å². The summed E-state index contributed by atoms with van der Waals surface area (Å²) in [6, 6.07) is 9.20. The lowest BCUT2D eigenvalue weighted by Gasteiger charge is -2.01. The number of hydrogen-bond donors (Lipinski definition) is 1. The van der Waals surface area contributed by atoms with E-state index >= 15 is 0 Å². The van der Waals surface area contributed by atoms with Gasteiger partial charge in [0.1, 0.15) is 0 Å². The molecule has 0 atom stereocenters. The Morgan fingerprint density at radius 1 is 1.07 bits per heavy atom. The van der Waals surface area contributed by atoms with E-state index in [0.29, 0.717) is 10.0 Å². The molecule has 0 saturated heterocycles. The van der Waals surface area contributed by atoms with Crippen molar-refractivity contribution < 1.29 is 0 Å². The highest BCUT2D eigenvalue weighted by Gasteiger charge is 2.06. The Labute approximate surface area is 96.1 Å². The first-order valence-electron chi connectivity index (χ1n) is 3.97. The molecular formula is C10H7Cl2NS. The minimum Gasteiger partial charge on any atom is -0.391 e. The minimum atomic E-state index is 0.677. The summed E-state index contributed by atoms with van der Waals surface area (Å²) < 4.78 is 0. The van der Waals surface area contributed by atoms with Crippen molar-refractivity contribution in [2.45, 2.75) is 0 Å². The van der Waals surface area contributed by atoms with Crippen LogP contribution in [0.4, 0.5) is 5.00 Å². The Balaban J connectivity index is 2.55. The standard InChI is InChI=1S/C10H7Cl2NS/c11-6-1-2-8(12)7(5-6)9-3-4-10(13)14-9/h1-5H,13H2. The minimum absolute atomic E-state index is 0.677. The van der Waals surface area contributed by atoms with Gasteiger partial charge in [-0.15, -0.1) is 11.3 Å². The van der Waals surface area contributed by atoms with Crippen LogP contribution in [-0.4, -0.2) is 0 Å². The van der Waals surface area contributed by atoms with Crippen molar-refractivity contribution in [3.8, 4) is 10.4 Å². The first-order chi connectivity index (χ1) is 6.66. The topological polar surface area (TPSA) is 26.0 Å². The number of benzene rings is 1. The molecule has 0 unspecified atom stereocenters. The molecule has 14 heavy (non-hydrogen) atoms. The summed E-state index contributed by atoms with van der Waals surface area (Å²) in [4.78, 5) is 1.04. The third kappa shape index (κ3) is 1.87. The summed E-state index contributed by atoms with van der Waals surface area (Å²) in [5.74, 6) is 0. The van der Waals surface area contributed by atoms with Crippen LogP contribution < -0.4 is 5.73 Å². The molecule has 0 aliphatic heterocycles. The van der Waals surface area contributed by atoms with E-state index in [9.17, 15) is 0 Å². The summed E-state index contributed by atoms with van der Waals surface area (Å²) >= 11 is 13.4. The third-order valence-electron chi connectivity index (χ3n) is 1.82. The second-order valence-electron chi connectivity index (χ2n) is 2.83. The maximum absolute atomic E-state index is 6.05. The van der Waals surface area contributed by atoms with Gasteiger partial charge in [0.15, 0.2) is 0 Å². The van der Waals surface area contributed by atoms with Gasteiger partial charge in [-0.25, -0.2) is 0 Å². The second-order valence-corrected chi connectivity index (χ2v) is 4.79. The van der Waals surface area contributed by atoms with Crippen LogP contribution in [0.25, 0.3) is 10.4 Å². The maximum Gasteiger partial charge on any atom is 0.0862 e. The van der Waals surface area contributed by atoms with Crippen LogP contribution in [0, 0.1) is 0 Å². The number of rotatable bonds is 1. The van der Waals surface area contributed by atoms with Crippen LogP contribution in [0.5, 0.6) is 0 Å². The van der Waals surface area contributed by atoms with Crippen molar-refractivity contribution in [2.24, 2.45) is 0 Å². The zero-order chi connectivity index (χ0) is 10.1. The van der Waals surface area contributed by atoms with Crippen LogP contribution in [0.1, 0.15) is 0 Å². The molecule has 1 aromatic carbocycles. The van der Waals surface area contributed by atoms with Gasteiger partial charge in [0.25, 0.3) is 0 Å². The predicted molar refractivity (Wildman–Crippen MR) is 64.2 cm³/mol. The van der Waals surface area contributed by atoms with E-state index in [-0.39, 0.29) is 0 Å². The number of thiophene rings is 1. The molecule has 0 fully saturated rings. The lowest BCUT2D eigenvalue weighted by Crippen LogP contribution is -1.75. The molecule has 0 bridgehead atoms. The molecule has 1 heterocycles. The van der Waals surface area contributed by atoms with E-state index < -0.39 is 0 Å². The lowest BCUT2D eigenvalue weighted by molar-refractivity contribution is 1.69. The van der Waals surface area contributed by atoms with Gasteiger partial charge >= 0.3 is 0 Å². The Morgan fingerprint density at radius 3 is 2.50 bits per heavy atom. The van der Waals surface area contributed by atoms with Crippen molar-refractivity contribution in [3.63, 3.8) is 0 Å². The average Bonchev–Trinajstić information content (AvgIpc) is 2.56. The fourth-order valence-electron chi connectivity index (χ4n) is 1.18. The lowest BCUT2D eigenvalue weighted by atomic mass is 10.2. The van der Waals surface area contributed by atoms with Gasteiger partial charge in [-0.3, -0.25) is 0 Å². The average molecular weight is 244 g/mol. The molecule has 2 N–H and O–H groups in total. The Morgan fingerprint density at radius 2 is 1.86 bits per heavy atom. The molecule has 0 radical (unpaired) electrons. The zero-order valence-corrected chi connectivity index (χ0v) is 9.46. The highest BCUT2D eigenvalue weighted by atomic mass is 35.5. The number of anilines is 1. The van der Waals surface area contributed by atoms with Gasteiger partial charge in [-0.2, -0.15) is 0 Å². The van der Waals surface area contributed by atoms with Gasteiger partial charge in [-0.1, -0.05) is 23.2 Å². The Kier molecular flexibility index (Phi) is 2.68. The van der Waals surface area contributed by atoms with E-state index in [1.807, 2.05) is 18.2 Å². The summed E-state index contributed by atoms with van der Waals surface area (Å²) in [5.41, 5.74) is 6.58. The Hall–Kier alpha value is -0.700. The SMILES string of the molecule is Nc1ccc(-c2cc(Cl)ccc2Cl)s1. The first-order valence-corrected chi connectivity index (χ1v) is 5.55. The molecule has 0 saturated carbocycles. The van der Waals surface area contributed by atoms with Crippen LogP contribution in [0.15, 0.2) is 30.3 Å². The molecule has 0 aliphatic rings. The normalized spacial score (nSPS) is 10.4. The summed E-state index contributed by atoms with van der Waals surface area (Å²) in [6.45, 7) is 0. The van der Waals surface area contributed by atoms with Crippen LogP contribution in [-0.2, 0) is 0 Å². The highest BCUT2D eigenvalue weighted by molar-refractivity contribution is 7.19. The Bertz CT molecular complexity index is 465. The van der Waals surface area contributed by atoms with Crippen LogP contribution in [0.2, 0.25) is 10.0 Å². The van der Waals surface area contributed by atoms with E-state index in [1.165, 1.54) is 11.3 Å². The summed E-state index contributed by atoms with van der Waals surface area (Å²) in [7, 11) is 0. The van der Waals surface area contributed by atoms with E-state index in [0.717, 1.165) is 15.4 Å². The molecule has 1 aromatic heterocycles. The van der Waals surface area contributed by atoms with Crippen molar-refractivity contribution in [3.05, 3.63) is 40.4 Å². The quantitative estimate of drug-likeness (QED) is 0.794. The zero-order valence-electron chi connectivity index (χ0n) is 7.13. The van der Waals surface area contributed by atoms with Gasteiger partial charge in [-0.05, 0) is 30.3 Å². The molecule has 0 amide bonds. The number of nitrogen functional groups attached to an aromatic ring is 1. The molecule has 4 heteroatoms. The maximum atomic E-state index is 6.05. The highest BCUT2D eigenvalue weighted by Crippen LogP contribution is 2.35. The summed E-state index contributed by atoms with van der Waals surface area (Å²) in [6.07, 6.45) is 0. The van der Waals surface area contributed by atoms with Crippen LogP contribution in [0.3, 0.4) is 0 Å².